The minimum absolute atomic E-state index is 0. The molecule has 0 fully saturated rings. The second-order valence-electron chi connectivity index (χ2n) is 28.0. The number of aromatic nitrogens is 10. The summed E-state index contributed by atoms with van der Waals surface area (Å²) < 4.78 is 24.1. The molecule has 0 amide bonds. The third kappa shape index (κ3) is 14.2. The van der Waals surface area contributed by atoms with Crippen LogP contribution in [0.3, 0.4) is 0 Å². The molecule has 0 spiro atoms. The Morgan fingerprint density at radius 1 is 0.304 bits per heavy atom. The van der Waals surface area contributed by atoms with Gasteiger partial charge in [-0.05, 0) is 154 Å². The van der Waals surface area contributed by atoms with Crippen LogP contribution in [0.25, 0.3) is 159 Å². The van der Waals surface area contributed by atoms with Gasteiger partial charge in [-0.15, -0.1) is 137 Å². The molecule has 22 aromatic rings. The van der Waals surface area contributed by atoms with E-state index in [0.29, 0.717) is 5.92 Å². The molecule has 0 saturated carbocycles. The molecule has 5 radical (unpaired) electrons. The molecule has 112 heavy (non-hydrogen) atoms. The molecule has 12 aromatic carbocycles. The zero-order chi connectivity index (χ0) is 72.7. The van der Waals surface area contributed by atoms with Crippen LogP contribution in [-0.4, -0.2) is 46.9 Å². The summed E-state index contributed by atoms with van der Waals surface area (Å²) in [5.41, 5.74) is 24.7. The van der Waals surface area contributed by atoms with Gasteiger partial charge in [-0.3, -0.25) is 29.3 Å². The van der Waals surface area contributed by atoms with Crippen LogP contribution in [0.2, 0.25) is 0 Å². The molecular formula is C96H70FIr5N10-5. The van der Waals surface area contributed by atoms with Crippen LogP contribution in [0, 0.1) is 77.7 Å². The molecule has 10 aromatic heterocycles. The number of rotatable bonds is 3. The number of hydrogen-bond acceptors (Lipinski definition) is 5. The van der Waals surface area contributed by atoms with Crippen molar-refractivity contribution in [3.05, 3.63) is 349 Å². The van der Waals surface area contributed by atoms with E-state index in [4.69, 9.17) is 0 Å². The van der Waals surface area contributed by atoms with E-state index in [-0.39, 0.29) is 106 Å². The van der Waals surface area contributed by atoms with Crippen molar-refractivity contribution in [2.75, 3.05) is 0 Å². The zero-order valence-electron chi connectivity index (χ0n) is 62.1. The fourth-order valence-corrected chi connectivity index (χ4v) is 15.9. The average Bonchev–Trinajstić information content (AvgIpc) is 1.39. The van der Waals surface area contributed by atoms with Crippen molar-refractivity contribution in [3.63, 3.8) is 0 Å². The van der Waals surface area contributed by atoms with Crippen molar-refractivity contribution in [3.8, 4) is 22.3 Å². The van der Waals surface area contributed by atoms with Gasteiger partial charge in [0.2, 0.25) is 0 Å². The molecule has 16 heteroatoms. The third-order valence-corrected chi connectivity index (χ3v) is 21.0. The van der Waals surface area contributed by atoms with Gasteiger partial charge in [0.05, 0.1) is 28.2 Å². The summed E-state index contributed by atoms with van der Waals surface area (Å²) >= 11 is 0. The summed E-state index contributed by atoms with van der Waals surface area (Å²) in [6.45, 7) is 17.4. The van der Waals surface area contributed by atoms with E-state index >= 15 is 0 Å². The zero-order valence-corrected chi connectivity index (χ0v) is 74.1. The number of fused-ring (bicyclic) bond motifs is 30. The number of aryl methyl sites for hydroxylation is 6. The summed E-state index contributed by atoms with van der Waals surface area (Å²) in [6.07, 6.45) is 19.2. The number of halogens is 1. The Labute approximate surface area is 714 Å². The smallest absolute Gasteiger partial charge is 0.0608 e. The number of imidazole rings is 5. The van der Waals surface area contributed by atoms with Crippen LogP contribution in [0.1, 0.15) is 58.7 Å². The molecule has 0 atom stereocenters. The topological polar surface area (TPSA) is 86.5 Å². The molecule has 0 aliphatic rings. The van der Waals surface area contributed by atoms with E-state index in [2.05, 4.69) is 256 Å². The standard InChI is InChI=1S/C24H19N2.C23H17N2.2C17H13N2.C15H8FN2.5Ir/c1-16(2)17-7-9-18(10-8-17)19-11-12-23-22(15-19)20-5-3-4-6-21(20)24-25-13-14-26(23)24;1-15-6-5-7-16(2)22(15)17-10-11-21-20(14-17)18-8-3-4-9-19(18)23-24-12-13-25(21)23;1-11-9-15-13-5-3-4-6-14(13)17-18-7-8-19(17)16(15)10-12(11)2;1-11-9-12(2)16-15(10-11)13-5-3-4-6-14(13)17-18-7-8-19(16)17;16-10-5-6-12-13(9-10)11-3-1-2-4-14(11)18-8-7-17-15(12)18;;;;;/h3-5,7-16H,1-2H3;3-8,10-14H,1-2H3;2*3-5,7-10H,1-2H3;1-5,7-9H;;;;;/q5*-1;;;;;. The maximum atomic E-state index is 13.4. The Morgan fingerprint density at radius 3 is 1.21 bits per heavy atom. The summed E-state index contributed by atoms with van der Waals surface area (Å²) in [4.78, 5) is 22.4. The van der Waals surface area contributed by atoms with Gasteiger partial charge < -0.3 is 22.0 Å². The number of benzene rings is 12. The molecule has 0 aliphatic heterocycles. The van der Waals surface area contributed by atoms with E-state index in [1.54, 1.807) is 12.3 Å². The largest absolute Gasteiger partial charge is 0.340 e. The Bertz CT molecular complexity index is 7280. The number of pyridine rings is 5. The SMILES string of the molecule is CC(C)c1ccc(-c2ccc3c(c2)c2ccc[c-]c2c2nccn32)cc1.Cc1cc(C)c2c(c1)c1ccc[c-]c1c1nccn12.Cc1cc2c3ccc[c-]c3c3nccn3c2cc1C.Cc1cccc(C)c1-c1ccc2c(c1)c1ccc[c-]c1c1nccn21.Fc1c[c-]c2c(c1)c1ccccc1n1ccnc21.[Ir].[Ir].[Ir].[Ir].[Ir]. The Morgan fingerprint density at radius 2 is 0.705 bits per heavy atom. The number of para-hydroxylation sites is 1. The van der Waals surface area contributed by atoms with Crippen molar-refractivity contribution in [2.24, 2.45) is 0 Å². The summed E-state index contributed by atoms with van der Waals surface area (Å²) in [7, 11) is 0. The van der Waals surface area contributed by atoms with E-state index in [9.17, 15) is 4.39 Å². The Balaban J connectivity index is 0.000000122. The number of hydrogen-bond donors (Lipinski definition) is 0. The summed E-state index contributed by atoms with van der Waals surface area (Å²) in [6, 6.07) is 89.6. The van der Waals surface area contributed by atoms with Crippen molar-refractivity contribution in [1.29, 1.82) is 0 Å². The van der Waals surface area contributed by atoms with Crippen LogP contribution in [0.4, 0.5) is 4.39 Å². The monoisotopic (exact) mass is 2350 g/mol. The first-order valence-electron chi connectivity index (χ1n) is 36.0. The molecule has 561 valence electrons. The van der Waals surface area contributed by atoms with Crippen LogP contribution in [-0.2, 0) is 101 Å². The Kier molecular flexibility index (Phi) is 23.8. The van der Waals surface area contributed by atoms with Gasteiger partial charge in [0.1, 0.15) is 0 Å². The van der Waals surface area contributed by atoms with Crippen molar-refractivity contribution in [2.45, 2.75) is 61.3 Å². The molecular weight excluding hydrogens is 2270 g/mol. The van der Waals surface area contributed by atoms with Crippen LogP contribution >= 0.6 is 0 Å². The van der Waals surface area contributed by atoms with Crippen LogP contribution in [0.5, 0.6) is 0 Å². The predicted molar refractivity (Wildman–Crippen MR) is 439 cm³/mol. The van der Waals surface area contributed by atoms with Gasteiger partial charge in [-0.2, -0.15) is 0 Å². The first-order chi connectivity index (χ1) is 52.3. The molecule has 0 aliphatic carbocycles. The van der Waals surface area contributed by atoms with Crippen LogP contribution < -0.4 is 0 Å². The molecule has 0 N–H and O–H groups in total. The second-order valence-corrected chi connectivity index (χ2v) is 28.0. The van der Waals surface area contributed by atoms with Gasteiger partial charge in [0.15, 0.2) is 0 Å². The second kappa shape index (κ2) is 33.3. The van der Waals surface area contributed by atoms with Crippen molar-refractivity contribution < 1.29 is 105 Å². The van der Waals surface area contributed by atoms with E-state index in [0.717, 1.165) is 71.5 Å². The molecule has 0 unspecified atom stereocenters. The van der Waals surface area contributed by atoms with Crippen molar-refractivity contribution >= 4 is 137 Å². The fraction of sp³-hybridized carbons (Fsp3) is 0.0938. The Hall–Kier alpha value is -10.1. The van der Waals surface area contributed by atoms with E-state index in [1.165, 1.54) is 132 Å². The molecule has 10 nitrogen and oxygen atoms in total. The normalized spacial score (nSPS) is 11.2. The van der Waals surface area contributed by atoms with E-state index in [1.807, 2.05) is 133 Å². The molecule has 10 heterocycles. The van der Waals surface area contributed by atoms with E-state index < -0.39 is 0 Å². The van der Waals surface area contributed by atoms with Gasteiger partial charge in [-0.25, -0.2) is 0 Å². The third-order valence-electron chi connectivity index (χ3n) is 21.0. The van der Waals surface area contributed by atoms with Crippen molar-refractivity contribution in [1.82, 2.24) is 46.9 Å². The fourth-order valence-electron chi connectivity index (χ4n) is 15.9. The predicted octanol–water partition coefficient (Wildman–Crippen LogP) is 23.6. The van der Waals surface area contributed by atoms with Gasteiger partial charge >= 0.3 is 0 Å². The van der Waals surface area contributed by atoms with Gasteiger partial charge in [-0.1, -0.05) is 155 Å². The first-order valence-corrected chi connectivity index (χ1v) is 36.0. The summed E-state index contributed by atoms with van der Waals surface area (Å²) in [5.74, 6) is 0.276. The molecule has 0 bridgehead atoms. The number of nitrogens with zero attached hydrogens (tertiary/aromatic N) is 10. The first kappa shape index (κ1) is 79.9. The minimum Gasteiger partial charge on any atom is -0.340 e. The molecule has 22 rings (SSSR count). The average molecular weight is 2340 g/mol. The van der Waals surface area contributed by atoms with Crippen LogP contribution in [0.15, 0.2) is 274 Å². The summed E-state index contributed by atoms with van der Waals surface area (Å²) in [5, 5.41) is 16.9. The maximum absolute atomic E-state index is 13.4. The molecule has 0 saturated heterocycles. The quantitative estimate of drug-likeness (QED) is 0.130. The minimum atomic E-state index is -0.274. The maximum Gasteiger partial charge on any atom is 0.0608 e. The van der Waals surface area contributed by atoms with Gasteiger partial charge in [0, 0.05) is 196 Å². The van der Waals surface area contributed by atoms with Gasteiger partial charge in [0.25, 0.3) is 0 Å².